The molecule has 0 aliphatic heterocycles. The Balaban J connectivity index is 2.13. The van der Waals surface area contributed by atoms with E-state index in [1.165, 1.54) is 15.8 Å². The Labute approximate surface area is 146 Å². The van der Waals surface area contributed by atoms with Gasteiger partial charge in [0.05, 0.1) is 6.61 Å². The number of unbranched alkanes of at least 4 members (excludes halogenated alkanes) is 1. The number of nitrogens with one attached hydrogen (secondary N) is 2. The molecule has 1 rings (SSSR count). The standard InChI is InChI=1S/C16H26BrN3OS/c1-13(12-21-3)20-16(18-2)19-10-6-7-11-22-15-9-5-4-8-14(15)17/h4-5,8-9,13H,6-7,10-12H2,1-3H3,(H2,18,19,20). The zero-order valence-electron chi connectivity index (χ0n) is 13.6. The number of ether oxygens (including phenoxy) is 1. The Kier molecular flexibility index (Phi) is 10.4. The summed E-state index contributed by atoms with van der Waals surface area (Å²) in [5, 5.41) is 6.63. The van der Waals surface area contributed by atoms with Crippen molar-refractivity contribution in [2.75, 3.05) is 33.1 Å². The molecule has 2 N–H and O–H groups in total. The van der Waals surface area contributed by atoms with Gasteiger partial charge in [0.15, 0.2) is 5.96 Å². The fourth-order valence-electron chi connectivity index (χ4n) is 1.90. The van der Waals surface area contributed by atoms with Gasteiger partial charge in [-0.2, -0.15) is 0 Å². The predicted octanol–water partition coefficient (Wildman–Crippen LogP) is 3.52. The van der Waals surface area contributed by atoms with Crippen molar-refractivity contribution in [1.82, 2.24) is 10.6 Å². The summed E-state index contributed by atoms with van der Waals surface area (Å²) in [5.74, 6) is 1.96. The van der Waals surface area contributed by atoms with Crippen LogP contribution in [-0.2, 0) is 4.74 Å². The molecule has 4 nitrogen and oxygen atoms in total. The van der Waals surface area contributed by atoms with Crippen molar-refractivity contribution >= 4 is 33.7 Å². The molecule has 0 fully saturated rings. The molecule has 0 saturated carbocycles. The minimum atomic E-state index is 0.252. The van der Waals surface area contributed by atoms with E-state index in [-0.39, 0.29) is 6.04 Å². The van der Waals surface area contributed by atoms with Gasteiger partial charge in [-0.1, -0.05) is 12.1 Å². The van der Waals surface area contributed by atoms with E-state index < -0.39 is 0 Å². The summed E-state index contributed by atoms with van der Waals surface area (Å²) in [7, 11) is 3.49. The summed E-state index contributed by atoms with van der Waals surface area (Å²) >= 11 is 5.47. The van der Waals surface area contributed by atoms with Gasteiger partial charge in [-0.05, 0) is 53.6 Å². The van der Waals surface area contributed by atoms with Crippen LogP contribution < -0.4 is 10.6 Å². The van der Waals surface area contributed by atoms with Crippen LogP contribution in [0.25, 0.3) is 0 Å². The molecule has 124 valence electrons. The van der Waals surface area contributed by atoms with Gasteiger partial charge in [0.1, 0.15) is 0 Å². The highest BCUT2D eigenvalue weighted by atomic mass is 79.9. The molecule has 0 amide bonds. The Bertz CT molecular complexity index is 457. The minimum Gasteiger partial charge on any atom is -0.383 e. The van der Waals surface area contributed by atoms with Gasteiger partial charge in [0.2, 0.25) is 0 Å². The third kappa shape index (κ3) is 8.06. The van der Waals surface area contributed by atoms with E-state index in [2.05, 4.69) is 56.7 Å². The van der Waals surface area contributed by atoms with Crippen LogP contribution in [0.3, 0.4) is 0 Å². The lowest BCUT2D eigenvalue weighted by Gasteiger charge is -2.17. The first-order valence-electron chi connectivity index (χ1n) is 7.50. The third-order valence-corrected chi connectivity index (χ3v) is 5.09. The number of methoxy groups -OCH3 is 1. The summed E-state index contributed by atoms with van der Waals surface area (Å²) in [5.41, 5.74) is 0. The maximum absolute atomic E-state index is 5.11. The van der Waals surface area contributed by atoms with Crippen LogP contribution in [0.2, 0.25) is 0 Å². The fraction of sp³-hybridized carbons (Fsp3) is 0.562. The Morgan fingerprint density at radius 3 is 2.82 bits per heavy atom. The van der Waals surface area contributed by atoms with E-state index in [0.29, 0.717) is 6.61 Å². The van der Waals surface area contributed by atoms with Crippen LogP contribution in [0.5, 0.6) is 0 Å². The van der Waals surface area contributed by atoms with E-state index in [1.54, 1.807) is 14.2 Å². The maximum atomic E-state index is 5.11. The molecule has 0 aliphatic carbocycles. The molecule has 0 aliphatic rings. The summed E-state index contributed by atoms with van der Waals surface area (Å²) in [6, 6.07) is 8.60. The van der Waals surface area contributed by atoms with Crippen molar-refractivity contribution in [3.05, 3.63) is 28.7 Å². The van der Waals surface area contributed by atoms with E-state index in [0.717, 1.165) is 24.7 Å². The van der Waals surface area contributed by atoms with E-state index in [1.807, 2.05) is 17.8 Å². The number of nitrogens with zero attached hydrogens (tertiary/aromatic N) is 1. The highest BCUT2D eigenvalue weighted by molar-refractivity contribution is 9.10. The fourth-order valence-corrected chi connectivity index (χ4v) is 3.47. The van der Waals surface area contributed by atoms with Crippen molar-refractivity contribution in [2.24, 2.45) is 4.99 Å². The predicted molar refractivity (Wildman–Crippen MR) is 99.9 cm³/mol. The van der Waals surface area contributed by atoms with Crippen LogP contribution in [0, 0.1) is 0 Å². The summed E-state index contributed by atoms with van der Waals surface area (Å²) < 4.78 is 6.28. The first-order valence-corrected chi connectivity index (χ1v) is 9.28. The van der Waals surface area contributed by atoms with Crippen molar-refractivity contribution in [3.63, 3.8) is 0 Å². The molecule has 6 heteroatoms. The summed E-state index contributed by atoms with van der Waals surface area (Å²) in [6.45, 7) is 3.67. The van der Waals surface area contributed by atoms with Crippen molar-refractivity contribution in [2.45, 2.75) is 30.7 Å². The quantitative estimate of drug-likeness (QED) is 0.294. The van der Waals surface area contributed by atoms with Gasteiger partial charge in [0, 0.05) is 36.1 Å². The molecule has 0 heterocycles. The van der Waals surface area contributed by atoms with Crippen LogP contribution in [0.15, 0.2) is 38.6 Å². The second kappa shape index (κ2) is 11.8. The lowest BCUT2D eigenvalue weighted by molar-refractivity contribution is 0.179. The molecule has 1 atom stereocenters. The second-order valence-electron chi connectivity index (χ2n) is 4.99. The molecule has 0 aromatic heterocycles. The zero-order chi connectivity index (χ0) is 16.2. The van der Waals surface area contributed by atoms with Crippen LogP contribution in [0.1, 0.15) is 19.8 Å². The highest BCUT2D eigenvalue weighted by Gasteiger charge is 2.04. The Morgan fingerprint density at radius 1 is 1.36 bits per heavy atom. The molecular formula is C16H26BrN3OS. The number of aliphatic imine (C=N–C) groups is 1. The molecule has 0 radical (unpaired) electrons. The first kappa shape index (κ1) is 19.3. The number of hydrogen-bond acceptors (Lipinski definition) is 3. The third-order valence-electron chi connectivity index (χ3n) is 2.98. The average molecular weight is 388 g/mol. The second-order valence-corrected chi connectivity index (χ2v) is 6.98. The lowest BCUT2D eigenvalue weighted by Crippen LogP contribution is -2.44. The SMILES string of the molecule is CN=C(NCCCCSc1ccccc1Br)NC(C)COC. The maximum Gasteiger partial charge on any atom is 0.191 e. The number of thioether (sulfide) groups is 1. The number of halogens is 1. The number of benzene rings is 1. The molecule has 1 aromatic carbocycles. The van der Waals surface area contributed by atoms with Crippen molar-refractivity contribution < 1.29 is 4.74 Å². The van der Waals surface area contributed by atoms with Crippen LogP contribution in [-0.4, -0.2) is 45.1 Å². The van der Waals surface area contributed by atoms with Crippen LogP contribution >= 0.6 is 27.7 Å². The highest BCUT2D eigenvalue weighted by Crippen LogP contribution is 2.27. The Morgan fingerprint density at radius 2 is 2.14 bits per heavy atom. The van der Waals surface area contributed by atoms with Gasteiger partial charge >= 0.3 is 0 Å². The number of rotatable bonds is 9. The molecule has 22 heavy (non-hydrogen) atoms. The monoisotopic (exact) mass is 387 g/mol. The van der Waals surface area contributed by atoms with Gasteiger partial charge in [0.25, 0.3) is 0 Å². The Hall–Kier alpha value is -0.720. The zero-order valence-corrected chi connectivity index (χ0v) is 16.0. The van der Waals surface area contributed by atoms with Crippen LogP contribution in [0.4, 0.5) is 0 Å². The molecule has 1 aromatic rings. The van der Waals surface area contributed by atoms with Gasteiger partial charge in [-0.25, -0.2) is 0 Å². The smallest absolute Gasteiger partial charge is 0.191 e. The average Bonchev–Trinajstić information content (AvgIpc) is 2.51. The van der Waals surface area contributed by atoms with Crippen molar-refractivity contribution in [1.29, 1.82) is 0 Å². The van der Waals surface area contributed by atoms with Gasteiger partial charge in [-0.3, -0.25) is 4.99 Å². The molecular weight excluding hydrogens is 362 g/mol. The number of hydrogen-bond donors (Lipinski definition) is 2. The van der Waals surface area contributed by atoms with Crippen molar-refractivity contribution in [3.8, 4) is 0 Å². The lowest BCUT2D eigenvalue weighted by atomic mass is 10.3. The number of guanidine groups is 1. The topological polar surface area (TPSA) is 45.7 Å². The first-order chi connectivity index (χ1) is 10.7. The molecule has 1 unspecified atom stereocenters. The summed E-state index contributed by atoms with van der Waals surface area (Å²) in [6.07, 6.45) is 2.29. The molecule has 0 spiro atoms. The molecule has 0 saturated heterocycles. The van der Waals surface area contributed by atoms with E-state index in [9.17, 15) is 0 Å². The van der Waals surface area contributed by atoms with Gasteiger partial charge < -0.3 is 15.4 Å². The largest absolute Gasteiger partial charge is 0.383 e. The normalized spacial score (nSPS) is 13.0. The van der Waals surface area contributed by atoms with E-state index >= 15 is 0 Å². The molecule has 0 bridgehead atoms. The van der Waals surface area contributed by atoms with Gasteiger partial charge in [-0.15, -0.1) is 11.8 Å². The minimum absolute atomic E-state index is 0.252. The van der Waals surface area contributed by atoms with E-state index in [4.69, 9.17) is 4.74 Å². The summed E-state index contributed by atoms with van der Waals surface area (Å²) in [4.78, 5) is 5.52.